The van der Waals surface area contributed by atoms with Gasteiger partial charge in [-0.2, -0.15) is 0 Å². The normalized spacial score (nSPS) is 11.0. The van der Waals surface area contributed by atoms with Crippen molar-refractivity contribution in [1.29, 1.82) is 0 Å². The van der Waals surface area contributed by atoms with E-state index in [0.717, 1.165) is 22.2 Å². The maximum absolute atomic E-state index is 13.6. The van der Waals surface area contributed by atoms with Crippen molar-refractivity contribution in [2.75, 3.05) is 19.5 Å². The Balaban J connectivity index is 1.52. The van der Waals surface area contributed by atoms with E-state index in [4.69, 9.17) is 9.47 Å². The molecule has 0 radical (unpaired) electrons. The van der Waals surface area contributed by atoms with Crippen molar-refractivity contribution in [3.05, 3.63) is 95.0 Å². The monoisotopic (exact) mass is 468 g/mol. The minimum Gasteiger partial charge on any atom is -0.497 e. The van der Waals surface area contributed by atoms with E-state index in [9.17, 15) is 9.59 Å². The van der Waals surface area contributed by atoms with Crippen LogP contribution in [0, 0.1) is 0 Å². The van der Waals surface area contributed by atoms with Gasteiger partial charge in [0.1, 0.15) is 29.1 Å². The molecule has 0 aliphatic heterocycles. The molecule has 0 aliphatic rings. The first-order valence-electron chi connectivity index (χ1n) is 11.1. The number of ether oxygens (including phenoxy) is 2. The van der Waals surface area contributed by atoms with Crippen LogP contribution < -0.4 is 20.3 Å². The number of carbonyl (C=O) groups excluding carboxylic acids is 1. The van der Waals surface area contributed by atoms with E-state index >= 15 is 0 Å². The summed E-state index contributed by atoms with van der Waals surface area (Å²) in [5.41, 5.74) is 3.12. The smallest absolute Gasteiger partial charge is 0.278 e. The molecule has 1 N–H and O–H groups in total. The molecule has 0 saturated carbocycles. The van der Waals surface area contributed by atoms with Crippen molar-refractivity contribution in [1.82, 2.24) is 14.1 Å². The zero-order valence-electron chi connectivity index (χ0n) is 19.4. The quantitative estimate of drug-likeness (QED) is 0.389. The molecule has 2 aromatic heterocycles. The molecule has 3 aromatic carbocycles. The van der Waals surface area contributed by atoms with Crippen LogP contribution in [0.5, 0.6) is 11.5 Å². The second-order valence-corrected chi connectivity index (χ2v) is 8.10. The highest BCUT2D eigenvalue weighted by molar-refractivity contribution is 6.06. The Labute approximate surface area is 201 Å². The van der Waals surface area contributed by atoms with Crippen LogP contribution in [-0.4, -0.2) is 34.2 Å². The Hall–Kier alpha value is -4.59. The van der Waals surface area contributed by atoms with Gasteiger partial charge in [-0.3, -0.25) is 14.2 Å². The van der Waals surface area contributed by atoms with Crippen LogP contribution >= 0.6 is 0 Å². The molecule has 0 atom stereocenters. The summed E-state index contributed by atoms with van der Waals surface area (Å²) in [6.45, 7) is 0.324. The van der Waals surface area contributed by atoms with E-state index in [2.05, 4.69) is 10.3 Å². The lowest BCUT2D eigenvalue weighted by atomic mass is 10.2. The van der Waals surface area contributed by atoms with Gasteiger partial charge in [-0.25, -0.2) is 4.98 Å². The van der Waals surface area contributed by atoms with Gasteiger partial charge in [0.25, 0.3) is 5.56 Å². The summed E-state index contributed by atoms with van der Waals surface area (Å²) in [5.74, 6) is 1.20. The van der Waals surface area contributed by atoms with Crippen LogP contribution in [0.4, 0.5) is 5.69 Å². The van der Waals surface area contributed by atoms with Gasteiger partial charge in [0.15, 0.2) is 0 Å². The lowest BCUT2D eigenvalue weighted by molar-refractivity contribution is -0.116. The Morgan fingerprint density at radius 1 is 0.914 bits per heavy atom. The highest BCUT2D eigenvalue weighted by atomic mass is 16.5. The predicted octanol–water partition coefficient (Wildman–Crippen LogP) is 4.06. The number of para-hydroxylation sites is 1. The van der Waals surface area contributed by atoms with Crippen LogP contribution in [0.15, 0.2) is 83.9 Å². The number of benzene rings is 3. The second kappa shape index (κ2) is 9.34. The number of nitrogens with zero attached hydrogens (tertiary/aromatic N) is 3. The third-order valence-corrected chi connectivity index (χ3v) is 5.92. The van der Waals surface area contributed by atoms with Gasteiger partial charge < -0.3 is 19.4 Å². The van der Waals surface area contributed by atoms with E-state index in [0.29, 0.717) is 29.0 Å². The highest BCUT2D eigenvalue weighted by Crippen LogP contribution is 2.25. The third kappa shape index (κ3) is 4.33. The van der Waals surface area contributed by atoms with Crippen LogP contribution in [0.1, 0.15) is 5.56 Å². The van der Waals surface area contributed by atoms with Crippen molar-refractivity contribution >= 4 is 33.5 Å². The number of nitrogens with one attached hydrogen (secondary N) is 1. The molecule has 0 saturated heterocycles. The van der Waals surface area contributed by atoms with Crippen LogP contribution in [0.25, 0.3) is 21.9 Å². The average Bonchev–Trinajstić information content (AvgIpc) is 3.20. The molecule has 8 heteroatoms. The number of hydrogen-bond donors (Lipinski definition) is 1. The Kier molecular flexibility index (Phi) is 5.93. The van der Waals surface area contributed by atoms with Crippen molar-refractivity contribution in [3.63, 3.8) is 0 Å². The van der Waals surface area contributed by atoms with E-state index < -0.39 is 0 Å². The zero-order chi connectivity index (χ0) is 24.4. The number of methoxy groups -OCH3 is 2. The van der Waals surface area contributed by atoms with E-state index in [-0.39, 0.29) is 18.0 Å². The van der Waals surface area contributed by atoms with Gasteiger partial charge in [0, 0.05) is 11.1 Å². The number of carbonyl (C=O) groups is 1. The van der Waals surface area contributed by atoms with Gasteiger partial charge in [0.2, 0.25) is 5.91 Å². The summed E-state index contributed by atoms with van der Waals surface area (Å²) in [6, 6.07) is 22.2. The fourth-order valence-corrected chi connectivity index (χ4v) is 4.17. The summed E-state index contributed by atoms with van der Waals surface area (Å²) in [4.78, 5) is 31.2. The lowest BCUT2D eigenvalue weighted by Crippen LogP contribution is -2.25. The summed E-state index contributed by atoms with van der Waals surface area (Å²) in [7, 11) is 3.20. The molecule has 5 aromatic rings. The van der Waals surface area contributed by atoms with Gasteiger partial charge in [-0.15, -0.1) is 0 Å². The molecule has 8 nitrogen and oxygen atoms in total. The number of rotatable bonds is 7. The van der Waals surface area contributed by atoms with E-state index in [1.165, 1.54) is 0 Å². The molecule has 2 heterocycles. The summed E-state index contributed by atoms with van der Waals surface area (Å²) >= 11 is 0. The summed E-state index contributed by atoms with van der Waals surface area (Å²) in [6.07, 6.45) is 1.56. The molecule has 176 valence electrons. The number of amides is 1. The maximum Gasteiger partial charge on any atom is 0.278 e. The van der Waals surface area contributed by atoms with Gasteiger partial charge in [-0.05, 0) is 48.0 Å². The topological polar surface area (TPSA) is 87.4 Å². The van der Waals surface area contributed by atoms with Crippen molar-refractivity contribution in [2.24, 2.45) is 0 Å². The predicted molar refractivity (Wildman–Crippen MR) is 135 cm³/mol. The first kappa shape index (κ1) is 22.2. The molecule has 0 unspecified atom stereocenters. The number of aromatic nitrogens is 3. The molecular weight excluding hydrogens is 444 g/mol. The lowest BCUT2D eigenvalue weighted by Gasteiger charge is -2.10. The van der Waals surface area contributed by atoms with Crippen LogP contribution in [-0.2, 0) is 17.9 Å². The Morgan fingerprint density at radius 3 is 2.26 bits per heavy atom. The summed E-state index contributed by atoms with van der Waals surface area (Å²) < 4.78 is 13.7. The molecular formula is C27H24N4O4. The van der Waals surface area contributed by atoms with Gasteiger partial charge in [0.05, 0.1) is 32.6 Å². The van der Waals surface area contributed by atoms with E-state index in [1.807, 2.05) is 48.5 Å². The molecule has 0 fully saturated rings. The molecule has 5 rings (SSSR count). The fourth-order valence-electron chi connectivity index (χ4n) is 4.17. The van der Waals surface area contributed by atoms with Gasteiger partial charge >= 0.3 is 0 Å². The fraction of sp³-hybridized carbons (Fsp3) is 0.148. The molecule has 0 bridgehead atoms. The average molecular weight is 469 g/mol. The largest absolute Gasteiger partial charge is 0.497 e. The molecule has 0 spiro atoms. The van der Waals surface area contributed by atoms with Crippen molar-refractivity contribution in [3.8, 4) is 11.5 Å². The minimum absolute atomic E-state index is 0.0283. The molecule has 35 heavy (non-hydrogen) atoms. The highest BCUT2D eigenvalue weighted by Gasteiger charge is 2.18. The number of fused-ring (bicyclic) bond motifs is 3. The second-order valence-electron chi connectivity index (χ2n) is 8.10. The van der Waals surface area contributed by atoms with Crippen molar-refractivity contribution in [2.45, 2.75) is 13.1 Å². The third-order valence-electron chi connectivity index (χ3n) is 5.92. The first-order chi connectivity index (χ1) is 17.1. The number of anilines is 1. The number of hydrogen-bond acceptors (Lipinski definition) is 5. The summed E-state index contributed by atoms with van der Waals surface area (Å²) in [5, 5.41) is 3.72. The van der Waals surface area contributed by atoms with Crippen molar-refractivity contribution < 1.29 is 14.3 Å². The molecule has 1 amide bonds. The minimum atomic E-state index is -0.247. The van der Waals surface area contributed by atoms with Crippen LogP contribution in [0.2, 0.25) is 0 Å². The Morgan fingerprint density at radius 2 is 1.57 bits per heavy atom. The van der Waals surface area contributed by atoms with Gasteiger partial charge in [-0.1, -0.05) is 30.3 Å². The van der Waals surface area contributed by atoms with Crippen LogP contribution in [0.3, 0.4) is 0 Å². The Bertz CT molecular complexity index is 1570. The first-order valence-corrected chi connectivity index (χ1v) is 11.1. The zero-order valence-corrected chi connectivity index (χ0v) is 19.4. The molecule has 0 aliphatic carbocycles. The SMILES string of the molecule is COc1ccc(Cn2cnc3c4ccccc4n(CC(=O)Nc4ccc(OC)cc4)c3c2=O)cc1. The maximum atomic E-state index is 13.6. The standard InChI is InChI=1S/C27H24N4O4/c1-34-20-11-7-18(8-12-20)15-30-17-28-25-22-5-3-4-6-23(22)31(26(25)27(30)33)16-24(32)29-19-9-13-21(35-2)14-10-19/h3-14,17H,15-16H2,1-2H3,(H,29,32). The van der Waals surface area contributed by atoms with E-state index in [1.54, 1.807) is 53.9 Å².